The SMILES string of the molecule is COCC(O)CNC(=O)C1(N)C2CCOC2C1(C)C. The zero-order chi connectivity index (χ0) is 14.3. The minimum atomic E-state index is -0.916. The molecule has 4 atom stereocenters. The number of nitrogens with one attached hydrogen (secondary N) is 1. The molecule has 1 amide bonds. The normalized spacial score (nSPS) is 37.3. The van der Waals surface area contributed by atoms with E-state index in [0.717, 1.165) is 6.42 Å². The fraction of sp³-hybridized carbons (Fsp3) is 0.923. The van der Waals surface area contributed by atoms with Gasteiger partial charge in [-0.2, -0.15) is 0 Å². The third kappa shape index (κ3) is 2.07. The Hall–Kier alpha value is -0.690. The van der Waals surface area contributed by atoms with Gasteiger partial charge in [-0.25, -0.2) is 0 Å². The van der Waals surface area contributed by atoms with Crippen molar-refractivity contribution in [3.8, 4) is 0 Å². The largest absolute Gasteiger partial charge is 0.389 e. The summed E-state index contributed by atoms with van der Waals surface area (Å²) < 4.78 is 10.5. The van der Waals surface area contributed by atoms with Crippen LogP contribution in [0, 0.1) is 11.3 Å². The van der Waals surface area contributed by atoms with E-state index < -0.39 is 11.6 Å². The van der Waals surface area contributed by atoms with Gasteiger partial charge >= 0.3 is 0 Å². The summed E-state index contributed by atoms with van der Waals surface area (Å²) in [5.41, 5.74) is 5.06. The number of methoxy groups -OCH3 is 1. The summed E-state index contributed by atoms with van der Waals surface area (Å²) in [6.45, 7) is 4.93. The first-order valence-electron chi connectivity index (χ1n) is 6.71. The molecule has 2 fully saturated rings. The van der Waals surface area contributed by atoms with Crippen LogP contribution in [0.4, 0.5) is 0 Å². The van der Waals surface area contributed by atoms with Crippen LogP contribution < -0.4 is 11.1 Å². The lowest BCUT2D eigenvalue weighted by molar-refractivity contribution is -0.175. The quantitative estimate of drug-likeness (QED) is 0.612. The Morgan fingerprint density at radius 3 is 2.95 bits per heavy atom. The number of hydrogen-bond donors (Lipinski definition) is 3. The number of carbonyl (C=O) groups is 1. The summed E-state index contributed by atoms with van der Waals surface area (Å²) in [4.78, 5) is 12.4. The summed E-state index contributed by atoms with van der Waals surface area (Å²) >= 11 is 0. The summed E-state index contributed by atoms with van der Waals surface area (Å²) in [5, 5.41) is 12.3. The van der Waals surface area contributed by atoms with Crippen molar-refractivity contribution in [2.24, 2.45) is 17.1 Å². The molecular weight excluding hydrogens is 248 g/mol. The van der Waals surface area contributed by atoms with Gasteiger partial charge in [-0.3, -0.25) is 4.79 Å². The molecule has 1 aliphatic heterocycles. The second kappa shape index (κ2) is 5.01. The minimum Gasteiger partial charge on any atom is -0.389 e. The monoisotopic (exact) mass is 272 g/mol. The Bertz CT molecular complexity index is 361. The molecular formula is C13H24N2O4. The summed E-state index contributed by atoms with van der Waals surface area (Å²) in [7, 11) is 1.50. The number of nitrogens with two attached hydrogens (primary N) is 1. The van der Waals surface area contributed by atoms with Gasteiger partial charge in [-0.1, -0.05) is 13.8 Å². The first-order valence-corrected chi connectivity index (χ1v) is 6.71. The second-order valence-electron chi connectivity index (χ2n) is 6.10. The van der Waals surface area contributed by atoms with E-state index in [1.165, 1.54) is 7.11 Å². The van der Waals surface area contributed by atoms with Crippen LogP contribution in [-0.4, -0.2) is 55.6 Å². The van der Waals surface area contributed by atoms with Gasteiger partial charge in [0.2, 0.25) is 5.91 Å². The average molecular weight is 272 g/mol. The number of hydrogen-bond acceptors (Lipinski definition) is 5. The zero-order valence-corrected chi connectivity index (χ0v) is 11.8. The zero-order valence-electron chi connectivity index (χ0n) is 11.8. The molecule has 1 saturated heterocycles. The Morgan fingerprint density at radius 1 is 1.63 bits per heavy atom. The topological polar surface area (TPSA) is 93.8 Å². The van der Waals surface area contributed by atoms with Gasteiger partial charge in [0.15, 0.2) is 0 Å². The Kier molecular flexibility index (Phi) is 3.88. The van der Waals surface area contributed by atoms with Gasteiger partial charge in [0.1, 0.15) is 5.54 Å². The highest BCUT2D eigenvalue weighted by Crippen LogP contribution is 2.58. The van der Waals surface area contributed by atoms with Crippen molar-refractivity contribution in [1.29, 1.82) is 0 Å². The molecule has 0 radical (unpaired) electrons. The molecule has 0 aromatic rings. The van der Waals surface area contributed by atoms with E-state index in [9.17, 15) is 9.90 Å². The van der Waals surface area contributed by atoms with Crippen LogP contribution in [-0.2, 0) is 14.3 Å². The molecule has 1 aliphatic carbocycles. The number of aliphatic hydroxyl groups is 1. The standard InChI is InChI=1S/C13H24N2O4/c1-12(2)10-9(4-5-19-10)13(12,14)11(17)15-6-8(16)7-18-3/h8-10,16H,4-7,14H2,1-3H3,(H,15,17). The van der Waals surface area contributed by atoms with Crippen molar-refractivity contribution < 1.29 is 19.4 Å². The molecule has 1 heterocycles. The summed E-state index contributed by atoms with van der Waals surface area (Å²) in [6, 6.07) is 0. The van der Waals surface area contributed by atoms with Gasteiger partial charge in [-0.05, 0) is 6.42 Å². The van der Waals surface area contributed by atoms with Crippen LogP contribution in [0.1, 0.15) is 20.3 Å². The van der Waals surface area contributed by atoms with Crippen LogP contribution in [0.3, 0.4) is 0 Å². The lowest BCUT2D eigenvalue weighted by Crippen LogP contribution is -2.80. The van der Waals surface area contributed by atoms with E-state index in [0.29, 0.717) is 6.61 Å². The minimum absolute atomic E-state index is 0.0622. The lowest BCUT2D eigenvalue weighted by Gasteiger charge is -2.60. The van der Waals surface area contributed by atoms with E-state index in [2.05, 4.69) is 5.32 Å². The number of ether oxygens (including phenoxy) is 2. The van der Waals surface area contributed by atoms with Crippen molar-refractivity contribution in [3.05, 3.63) is 0 Å². The highest BCUT2D eigenvalue weighted by atomic mass is 16.5. The number of carbonyl (C=O) groups excluding carboxylic acids is 1. The summed E-state index contributed by atoms with van der Waals surface area (Å²) in [6.07, 6.45) is 0.169. The van der Waals surface area contributed by atoms with Crippen LogP contribution in [0.25, 0.3) is 0 Å². The molecule has 6 nitrogen and oxygen atoms in total. The van der Waals surface area contributed by atoms with Gasteiger partial charge in [0.05, 0.1) is 18.8 Å². The Labute approximate surface area is 113 Å². The van der Waals surface area contributed by atoms with Crippen molar-refractivity contribution >= 4 is 5.91 Å². The van der Waals surface area contributed by atoms with Gasteiger partial charge < -0.3 is 25.6 Å². The van der Waals surface area contributed by atoms with Gasteiger partial charge in [0.25, 0.3) is 0 Å². The van der Waals surface area contributed by atoms with Crippen molar-refractivity contribution in [3.63, 3.8) is 0 Å². The van der Waals surface area contributed by atoms with Gasteiger partial charge in [-0.15, -0.1) is 0 Å². The molecule has 4 unspecified atom stereocenters. The van der Waals surface area contributed by atoms with Crippen LogP contribution in [0.2, 0.25) is 0 Å². The third-order valence-electron chi connectivity index (χ3n) is 4.69. The van der Waals surface area contributed by atoms with E-state index in [-0.39, 0.29) is 36.5 Å². The first kappa shape index (κ1) is 14.7. The molecule has 4 N–H and O–H groups in total. The van der Waals surface area contributed by atoms with Crippen LogP contribution in [0.5, 0.6) is 0 Å². The van der Waals surface area contributed by atoms with Crippen molar-refractivity contribution in [2.45, 2.75) is 38.0 Å². The predicted octanol–water partition coefficient (Wildman–Crippen LogP) is -0.748. The third-order valence-corrected chi connectivity index (χ3v) is 4.69. The van der Waals surface area contributed by atoms with E-state index in [1.54, 1.807) is 0 Å². The highest BCUT2D eigenvalue weighted by Gasteiger charge is 2.71. The maximum absolute atomic E-state index is 12.4. The Morgan fingerprint density at radius 2 is 2.32 bits per heavy atom. The highest BCUT2D eigenvalue weighted by molar-refractivity contribution is 5.89. The maximum Gasteiger partial charge on any atom is 0.241 e. The van der Waals surface area contributed by atoms with E-state index in [4.69, 9.17) is 15.2 Å². The Balaban J connectivity index is 1.98. The molecule has 6 heteroatoms. The fourth-order valence-electron chi connectivity index (χ4n) is 3.45. The van der Waals surface area contributed by atoms with E-state index in [1.807, 2.05) is 13.8 Å². The average Bonchev–Trinajstić information content (AvgIpc) is 2.83. The molecule has 0 bridgehead atoms. The number of aliphatic hydroxyl groups excluding tert-OH is 1. The first-order chi connectivity index (χ1) is 8.85. The molecule has 2 rings (SSSR count). The molecule has 2 aliphatic rings. The summed E-state index contributed by atoms with van der Waals surface area (Å²) in [5.74, 6) is -0.138. The maximum atomic E-state index is 12.4. The van der Waals surface area contributed by atoms with Gasteiger partial charge in [0, 0.05) is 31.6 Å². The molecule has 0 aromatic carbocycles. The van der Waals surface area contributed by atoms with Crippen LogP contribution >= 0.6 is 0 Å². The number of fused-ring (bicyclic) bond motifs is 1. The van der Waals surface area contributed by atoms with Crippen LogP contribution in [0.15, 0.2) is 0 Å². The molecule has 1 saturated carbocycles. The van der Waals surface area contributed by atoms with Crippen molar-refractivity contribution in [2.75, 3.05) is 26.9 Å². The predicted molar refractivity (Wildman–Crippen MR) is 69.4 cm³/mol. The smallest absolute Gasteiger partial charge is 0.241 e. The molecule has 110 valence electrons. The molecule has 0 spiro atoms. The number of rotatable bonds is 5. The second-order valence-corrected chi connectivity index (χ2v) is 6.10. The fourth-order valence-corrected chi connectivity index (χ4v) is 3.45. The molecule has 19 heavy (non-hydrogen) atoms. The molecule has 0 aromatic heterocycles. The number of amides is 1. The van der Waals surface area contributed by atoms with Crippen molar-refractivity contribution in [1.82, 2.24) is 5.32 Å². The van der Waals surface area contributed by atoms with E-state index >= 15 is 0 Å². The lowest BCUT2D eigenvalue weighted by atomic mass is 9.48.